The highest BCUT2D eigenvalue weighted by atomic mass is 16.6. The Morgan fingerprint density at radius 3 is 2.00 bits per heavy atom. The predicted molar refractivity (Wildman–Crippen MR) is 48.8 cm³/mol. The third kappa shape index (κ3) is 16.1. The van der Waals surface area contributed by atoms with E-state index in [-0.39, 0.29) is 12.6 Å². The van der Waals surface area contributed by atoms with Gasteiger partial charge in [-0.2, -0.15) is 0 Å². The average molecular weight is 174 g/mol. The van der Waals surface area contributed by atoms with Crippen LogP contribution in [0.25, 0.3) is 0 Å². The maximum atomic E-state index is 10.5. The highest BCUT2D eigenvalue weighted by molar-refractivity contribution is 5.81. The van der Waals surface area contributed by atoms with Crippen molar-refractivity contribution in [1.29, 1.82) is 0 Å². The largest absolute Gasteiger partial charge is 0.457 e. The van der Waals surface area contributed by atoms with E-state index in [9.17, 15) is 4.79 Å². The molecule has 72 valence electrons. The molecule has 0 saturated carbocycles. The van der Waals surface area contributed by atoms with Crippen LogP contribution in [0.2, 0.25) is 0 Å². The Balaban J connectivity index is 0. The van der Waals surface area contributed by atoms with Crippen molar-refractivity contribution in [1.82, 2.24) is 0 Å². The Labute approximate surface area is 74.0 Å². The van der Waals surface area contributed by atoms with Crippen molar-refractivity contribution in [2.24, 2.45) is 0 Å². The van der Waals surface area contributed by atoms with Crippen molar-refractivity contribution < 1.29 is 14.6 Å². The van der Waals surface area contributed by atoms with Crippen molar-refractivity contribution in [3.63, 3.8) is 0 Å². The number of aliphatic hydroxyl groups is 1. The van der Waals surface area contributed by atoms with E-state index in [4.69, 9.17) is 9.84 Å². The van der Waals surface area contributed by atoms with Gasteiger partial charge in [0.25, 0.3) is 0 Å². The number of hydrogen-bond donors (Lipinski definition) is 1. The number of hydrogen-bond acceptors (Lipinski definition) is 3. The van der Waals surface area contributed by atoms with Crippen LogP contribution in [0, 0.1) is 0 Å². The molecule has 0 aliphatic rings. The molecular formula is C9H18O3. The van der Waals surface area contributed by atoms with Crippen LogP contribution in [-0.4, -0.2) is 23.3 Å². The van der Waals surface area contributed by atoms with Crippen molar-refractivity contribution in [3.05, 3.63) is 12.7 Å². The highest BCUT2D eigenvalue weighted by Gasteiger charge is 2.12. The van der Waals surface area contributed by atoms with Gasteiger partial charge in [-0.3, -0.25) is 0 Å². The topological polar surface area (TPSA) is 46.5 Å². The number of rotatable bonds is 1. The molecule has 0 unspecified atom stereocenters. The molecule has 0 saturated heterocycles. The first kappa shape index (κ1) is 13.7. The lowest BCUT2D eigenvalue weighted by Crippen LogP contribution is -2.22. The molecule has 0 aromatic heterocycles. The molecule has 0 spiro atoms. The minimum absolute atomic E-state index is 0.250. The smallest absolute Gasteiger partial charge is 0.330 e. The van der Waals surface area contributed by atoms with Gasteiger partial charge in [0.15, 0.2) is 0 Å². The van der Waals surface area contributed by atoms with Crippen molar-refractivity contribution in [2.45, 2.75) is 33.3 Å². The Morgan fingerprint density at radius 1 is 1.58 bits per heavy atom. The van der Waals surface area contributed by atoms with Gasteiger partial charge in [0.1, 0.15) is 5.60 Å². The van der Waals surface area contributed by atoms with Crippen LogP contribution in [0.1, 0.15) is 27.7 Å². The Morgan fingerprint density at radius 2 is 1.92 bits per heavy atom. The van der Waals surface area contributed by atoms with E-state index in [0.717, 1.165) is 6.08 Å². The van der Waals surface area contributed by atoms with Gasteiger partial charge in [0.2, 0.25) is 0 Å². The predicted octanol–water partition coefficient (Wildman–Crippen LogP) is 1.51. The summed E-state index contributed by atoms with van der Waals surface area (Å²) in [6.45, 7) is 10.6. The fourth-order valence-corrected chi connectivity index (χ4v) is 0.343. The van der Waals surface area contributed by atoms with Crippen LogP contribution < -0.4 is 0 Å². The summed E-state index contributed by atoms with van der Waals surface area (Å²) in [6, 6.07) is 0. The van der Waals surface area contributed by atoms with Gasteiger partial charge in [0.05, 0.1) is 0 Å². The number of carbonyl (C=O) groups excluding carboxylic acids is 1. The second-order valence-electron chi connectivity index (χ2n) is 3.05. The van der Waals surface area contributed by atoms with E-state index in [1.54, 1.807) is 6.92 Å². The molecule has 3 heteroatoms. The molecule has 0 rings (SSSR count). The van der Waals surface area contributed by atoms with E-state index in [1.807, 2.05) is 20.8 Å². The molecule has 0 aromatic rings. The number of ether oxygens (including phenoxy) is 1. The standard InChI is InChI=1S/C7H12O2.C2H6O/c1-5-6(8)9-7(2,3)4;1-2-3/h5H,1H2,2-4H3;3H,2H2,1H3. The third-order valence-corrected chi connectivity index (χ3v) is 0.573. The molecule has 0 amide bonds. The third-order valence-electron chi connectivity index (χ3n) is 0.573. The SMILES string of the molecule is C=CC(=O)OC(C)(C)C.CCO. The zero-order valence-corrected chi connectivity index (χ0v) is 8.26. The Bertz CT molecular complexity index is 133. The minimum atomic E-state index is -0.398. The summed E-state index contributed by atoms with van der Waals surface area (Å²) in [6.07, 6.45) is 1.16. The Kier molecular flexibility index (Phi) is 7.85. The summed E-state index contributed by atoms with van der Waals surface area (Å²) in [4.78, 5) is 10.5. The molecule has 3 nitrogen and oxygen atoms in total. The number of carbonyl (C=O) groups is 1. The Hall–Kier alpha value is -0.830. The van der Waals surface area contributed by atoms with E-state index in [1.165, 1.54) is 0 Å². The van der Waals surface area contributed by atoms with Gasteiger partial charge in [-0.25, -0.2) is 4.79 Å². The summed E-state index contributed by atoms with van der Waals surface area (Å²) in [5.41, 5.74) is -0.398. The lowest BCUT2D eigenvalue weighted by molar-refractivity contribution is -0.148. The van der Waals surface area contributed by atoms with Gasteiger partial charge >= 0.3 is 5.97 Å². The quantitative estimate of drug-likeness (QED) is 0.484. The lowest BCUT2D eigenvalue weighted by atomic mass is 10.2. The molecule has 0 fully saturated rings. The van der Waals surface area contributed by atoms with E-state index in [0.29, 0.717) is 0 Å². The van der Waals surface area contributed by atoms with Crippen molar-refractivity contribution >= 4 is 5.97 Å². The second-order valence-corrected chi connectivity index (χ2v) is 3.05. The summed E-state index contributed by atoms with van der Waals surface area (Å²) in [5, 5.41) is 7.57. The molecule has 0 radical (unpaired) electrons. The maximum absolute atomic E-state index is 10.5. The number of esters is 1. The fraction of sp³-hybridized carbons (Fsp3) is 0.667. The van der Waals surface area contributed by atoms with Crippen LogP contribution in [-0.2, 0) is 9.53 Å². The summed E-state index contributed by atoms with van der Waals surface area (Å²) >= 11 is 0. The van der Waals surface area contributed by atoms with Gasteiger partial charge in [-0.15, -0.1) is 0 Å². The molecular weight excluding hydrogens is 156 g/mol. The molecule has 12 heavy (non-hydrogen) atoms. The second kappa shape index (κ2) is 6.85. The zero-order chi connectivity index (χ0) is 10.2. The lowest BCUT2D eigenvalue weighted by Gasteiger charge is -2.17. The first-order valence-corrected chi connectivity index (χ1v) is 3.83. The van der Waals surface area contributed by atoms with E-state index in [2.05, 4.69) is 6.58 Å². The van der Waals surface area contributed by atoms with Gasteiger partial charge in [-0.1, -0.05) is 6.58 Å². The molecule has 1 N–H and O–H groups in total. The molecule has 0 heterocycles. The monoisotopic (exact) mass is 174 g/mol. The molecule has 0 atom stereocenters. The molecule has 0 aliphatic carbocycles. The van der Waals surface area contributed by atoms with Crippen molar-refractivity contribution in [3.8, 4) is 0 Å². The average Bonchev–Trinajstić information content (AvgIpc) is 1.86. The first-order chi connectivity index (χ1) is 5.37. The van der Waals surface area contributed by atoms with Crippen LogP contribution in [0.5, 0.6) is 0 Å². The van der Waals surface area contributed by atoms with E-state index >= 15 is 0 Å². The molecule has 0 aliphatic heterocycles. The minimum Gasteiger partial charge on any atom is -0.457 e. The van der Waals surface area contributed by atoms with Crippen LogP contribution in [0.15, 0.2) is 12.7 Å². The summed E-state index contributed by atoms with van der Waals surface area (Å²) < 4.78 is 4.83. The maximum Gasteiger partial charge on any atom is 0.330 e. The highest BCUT2D eigenvalue weighted by Crippen LogP contribution is 2.06. The van der Waals surface area contributed by atoms with Gasteiger partial charge in [0, 0.05) is 12.7 Å². The number of aliphatic hydroxyl groups excluding tert-OH is 1. The van der Waals surface area contributed by atoms with Gasteiger partial charge in [-0.05, 0) is 27.7 Å². The van der Waals surface area contributed by atoms with Crippen LogP contribution in [0.3, 0.4) is 0 Å². The van der Waals surface area contributed by atoms with Crippen LogP contribution >= 0.6 is 0 Å². The normalized spacial score (nSPS) is 9.42. The summed E-state index contributed by atoms with van der Waals surface area (Å²) in [5.74, 6) is -0.373. The molecule has 0 bridgehead atoms. The first-order valence-electron chi connectivity index (χ1n) is 3.83. The van der Waals surface area contributed by atoms with E-state index < -0.39 is 5.60 Å². The molecule has 0 aromatic carbocycles. The zero-order valence-electron chi connectivity index (χ0n) is 8.26. The van der Waals surface area contributed by atoms with Crippen LogP contribution in [0.4, 0.5) is 0 Å². The summed E-state index contributed by atoms with van der Waals surface area (Å²) in [7, 11) is 0. The fourth-order valence-electron chi connectivity index (χ4n) is 0.343. The van der Waals surface area contributed by atoms with Crippen molar-refractivity contribution in [2.75, 3.05) is 6.61 Å². The van der Waals surface area contributed by atoms with Gasteiger partial charge < -0.3 is 9.84 Å².